The van der Waals surface area contributed by atoms with Crippen molar-refractivity contribution in [2.75, 3.05) is 26.2 Å². The largest absolute Gasteiger partial charge is 0.338 e. The molecule has 0 saturated carbocycles. The van der Waals surface area contributed by atoms with Crippen molar-refractivity contribution >= 4 is 23.3 Å². The van der Waals surface area contributed by atoms with Crippen molar-refractivity contribution in [3.8, 4) is 0 Å². The second kappa shape index (κ2) is 6.73. The average Bonchev–Trinajstić information content (AvgIpc) is 3.17. The Morgan fingerprint density at radius 3 is 2.81 bits per heavy atom. The number of thiophene rings is 1. The van der Waals surface area contributed by atoms with Gasteiger partial charge >= 0.3 is 0 Å². The van der Waals surface area contributed by atoms with E-state index < -0.39 is 0 Å². The molecule has 3 heterocycles. The first-order valence-corrected chi connectivity index (χ1v) is 8.60. The zero-order valence-corrected chi connectivity index (χ0v) is 13.1. The SMILES string of the molecule is NC1CCN(C2CCN(C(=O)/C=C/c3cccs3)C2)CC1. The number of nitrogens with zero attached hydrogens (tertiary/aromatic N) is 2. The van der Waals surface area contributed by atoms with Gasteiger partial charge in [-0.1, -0.05) is 6.07 Å². The first-order chi connectivity index (χ1) is 10.2. The minimum Gasteiger partial charge on any atom is -0.338 e. The van der Waals surface area contributed by atoms with E-state index >= 15 is 0 Å². The van der Waals surface area contributed by atoms with Crippen molar-refractivity contribution in [2.45, 2.75) is 31.3 Å². The van der Waals surface area contributed by atoms with Crippen molar-refractivity contribution in [1.82, 2.24) is 9.80 Å². The van der Waals surface area contributed by atoms with E-state index in [4.69, 9.17) is 5.73 Å². The summed E-state index contributed by atoms with van der Waals surface area (Å²) in [7, 11) is 0. The average molecular weight is 305 g/mol. The highest BCUT2D eigenvalue weighted by molar-refractivity contribution is 7.10. The fourth-order valence-corrected chi connectivity index (χ4v) is 3.79. The van der Waals surface area contributed by atoms with E-state index in [0.29, 0.717) is 12.1 Å². The van der Waals surface area contributed by atoms with Gasteiger partial charge in [-0.15, -0.1) is 11.3 Å². The predicted molar refractivity (Wildman–Crippen MR) is 87.1 cm³/mol. The number of piperidine rings is 1. The van der Waals surface area contributed by atoms with Gasteiger partial charge in [-0.3, -0.25) is 9.69 Å². The molecule has 1 aromatic heterocycles. The molecule has 1 amide bonds. The Hall–Kier alpha value is -1.17. The van der Waals surface area contributed by atoms with Crippen molar-refractivity contribution < 1.29 is 4.79 Å². The minimum atomic E-state index is 0.139. The molecule has 0 radical (unpaired) electrons. The normalized spacial score (nSPS) is 25.0. The van der Waals surface area contributed by atoms with Gasteiger partial charge in [0.2, 0.25) is 5.91 Å². The molecule has 2 aliphatic heterocycles. The molecule has 2 N–H and O–H groups in total. The Kier molecular flexibility index (Phi) is 4.73. The highest BCUT2D eigenvalue weighted by Gasteiger charge is 2.31. The fourth-order valence-electron chi connectivity index (χ4n) is 3.17. The third-order valence-corrected chi connectivity index (χ3v) is 5.34. The molecule has 5 heteroatoms. The number of carbonyl (C=O) groups excluding carboxylic acids is 1. The molecule has 0 bridgehead atoms. The van der Waals surface area contributed by atoms with Gasteiger partial charge in [-0.05, 0) is 49.9 Å². The number of rotatable bonds is 3. The molecule has 3 rings (SSSR count). The van der Waals surface area contributed by atoms with Crippen LogP contribution < -0.4 is 5.73 Å². The summed E-state index contributed by atoms with van der Waals surface area (Å²) < 4.78 is 0. The monoisotopic (exact) mass is 305 g/mol. The first kappa shape index (κ1) is 14.8. The zero-order chi connectivity index (χ0) is 14.7. The second-order valence-corrected chi connectivity index (χ2v) is 6.93. The highest BCUT2D eigenvalue weighted by Crippen LogP contribution is 2.20. The summed E-state index contributed by atoms with van der Waals surface area (Å²) in [6.45, 7) is 3.90. The van der Waals surface area contributed by atoms with E-state index in [0.717, 1.165) is 50.3 Å². The van der Waals surface area contributed by atoms with Crippen LogP contribution in [0.3, 0.4) is 0 Å². The van der Waals surface area contributed by atoms with Crippen LogP contribution in [-0.2, 0) is 4.79 Å². The summed E-state index contributed by atoms with van der Waals surface area (Å²) in [5, 5.41) is 2.02. The Morgan fingerprint density at radius 2 is 2.10 bits per heavy atom. The summed E-state index contributed by atoms with van der Waals surface area (Å²) in [4.78, 5) is 17.8. The lowest BCUT2D eigenvalue weighted by Gasteiger charge is -2.34. The summed E-state index contributed by atoms with van der Waals surface area (Å²) >= 11 is 1.65. The highest BCUT2D eigenvalue weighted by atomic mass is 32.1. The minimum absolute atomic E-state index is 0.139. The van der Waals surface area contributed by atoms with Gasteiger partial charge < -0.3 is 10.6 Å². The molecular formula is C16H23N3OS. The zero-order valence-electron chi connectivity index (χ0n) is 12.3. The van der Waals surface area contributed by atoms with Crippen LogP contribution in [0.5, 0.6) is 0 Å². The number of hydrogen-bond acceptors (Lipinski definition) is 4. The lowest BCUT2D eigenvalue weighted by molar-refractivity contribution is -0.125. The van der Waals surface area contributed by atoms with Crippen LogP contribution in [0.15, 0.2) is 23.6 Å². The van der Waals surface area contributed by atoms with Crippen LogP contribution >= 0.6 is 11.3 Å². The molecule has 2 aliphatic rings. The molecule has 0 aliphatic carbocycles. The number of amides is 1. The molecule has 0 aromatic carbocycles. The number of carbonyl (C=O) groups is 1. The van der Waals surface area contributed by atoms with E-state index in [1.54, 1.807) is 17.4 Å². The summed E-state index contributed by atoms with van der Waals surface area (Å²) in [5.74, 6) is 0.139. The Morgan fingerprint density at radius 1 is 1.29 bits per heavy atom. The molecule has 1 atom stereocenters. The lowest BCUT2D eigenvalue weighted by atomic mass is 10.0. The standard InChI is InChI=1S/C16H23N3OS/c17-13-5-8-18(9-6-13)14-7-10-19(12-14)16(20)4-3-15-2-1-11-21-15/h1-4,11,13-14H,5-10,12,17H2/b4-3+. The van der Waals surface area contributed by atoms with Gasteiger partial charge in [-0.25, -0.2) is 0 Å². The van der Waals surface area contributed by atoms with Gasteiger partial charge in [0.25, 0.3) is 0 Å². The molecule has 2 saturated heterocycles. The lowest BCUT2D eigenvalue weighted by Crippen LogP contribution is -2.46. The topological polar surface area (TPSA) is 49.6 Å². The van der Waals surface area contributed by atoms with E-state index in [-0.39, 0.29) is 5.91 Å². The molecule has 1 aromatic rings. The third-order valence-electron chi connectivity index (χ3n) is 4.50. The maximum Gasteiger partial charge on any atom is 0.246 e. The van der Waals surface area contributed by atoms with Crippen LogP contribution in [-0.4, -0.2) is 54.0 Å². The molecule has 0 spiro atoms. The number of nitrogens with two attached hydrogens (primary N) is 1. The van der Waals surface area contributed by atoms with Gasteiger partial charge in [0.15, 0.2) is 0 Å². The van der Waals surface area contributed by atoms with Crippen molar-refractivity contribution in [1.29, 1.82) is 0 Å². The smallest absolute Gasteiger partial charge is 0.246 e. The molecule has 1 unspecified atom stereocenters. The second-order valence-electron chi connectivity index (χ2n) is 5.95. The third kappa shape index (κ3) is 3.73. The summed E-state index contributed by atoms with van der Waals surface area (Å²) in [5.41, 5.74) is 5.96. The number of hydrogen-bond donors (Lipinski definition) is 1. The van der Waals surface area contributed by atoms with Gasteiger partial charge in [0.1, 0.15) is 0 Å². The Bertz CT molecular complexity index is 492. The Labute approximate surface area is 130 Å². The molecule has 2 fully saturated rings. The van der Waals surface area contributed by atoms with Crippen molar-refractivity contribution in [3.63, 3.8) is 0 Å². The van der Waals surface area contributed by atoms with Gasteiger partial charge in [-0.2, -0.15) is 0 Å². The maximum atomic E-state index is 12.2. The van der Waals surface area contributed by atoms with Gasteiger partial charge in [0.05, 0.1) is 0 Å². The van der Waals surface area contributed by atoms with Crippen LogP contribution in [0.1, 0.15) is 24.1 Å². The van der Waals surface area contributed by atoms with Crippen LogP contribution in [0.4, 0.5) is 0 Å². The van der Waals surface area contributed by atoms with Crippen LogP contribution in [0.25, 0.3) is 6.08 Å². The van der Waals surface area contributed by atoms with E-state index in [2.05, 4.69) is 4.90 Å². The van der Waals surface area contributed by atoms with Crippen LogP contribution in [0, 0.1) is 0 Å². The molecule has 114 valence electrons. The molecule has 4 nitrogen and oxygen atoms in total. The first-order valence-electron chi connectivity index (χ1n) is 7.72. The summed E-state index contributed by atoms with van der Waals surface area (Å²) in [6.07, 6.45) is 6.89. The maximum absolute atomic E-state index is 12.2. The van der Waals surface area contributed by atoms with Crippen molar-refractivity contribution in [2.24, 2.45) is 5.73 Å². The van der Waals surface area contributed by atoms with Gasteiger partial charge in [0, 0.05) is 36.1 Å². The van der Waals surface area contributed by atoms with E-state index in [1.165, 1.54) is 0 Å². The number of likely N-dealkylation sites (tertiary alicyclic amines) is 2. The summed E-state index contributed by atoms with van der Waals surface area (Å²) in [6, 6.07) is 4.92. The van der Waals surface area contributed by atoms with E-state index in [9.17, 15) is 4.79 Å². The fraction of sp³-hybridized carbons (Fsp3) is 0.562. The van der Waals surface area contributed by atoms with E-state index in [1.807, 2.05) is 28.5 Å². The van der Waals surface area contributed by atoms with Crippen LogP contribution in [0.2, 0.25) is 0 Å². The quantitative estimate of drug-likeness (QED) is 0.866. The molecule has 21 heavy (non-hydrogen) atoms. The predicted octanol–water partition coefficient (Wildman–Crippen LogP) is 1.79. The Balaban J connectivity index is 1.51. The molecular weight excluding hydrogens is 282 g/mol. The van der Waals surface area contributed by atoms with Crippen molar-refractivity contribution in [3.05, 3.63) is 28.5 Å².